The Kier molecular flexibility index (Phi) is 4.32. The number of urea groups is 1. The molecule has 20 heavy (non-hydrogen) atoms. The number of nitrogens with one attached hydrogen (secondary N) is 1. The molecular formula is C14H17BrN2O3. The van der Waals surface area contributed by atoms with E-state index in [1.54, 1.807) is 13.0 Å². The van der Waals surface area contributed by atoms with E-state index >= 15 is 0 Å². The number of carboxylic acids is 1. The molecule has 2 rings (SSSR count). The zero-order valence-electron chi connectivity index (χ0n) is 11.2. The van der Waals surface area contributed by atoms with Crippen molar-refractivity contribution in [3.63, 3.8) is 0 Å². The van der Waals surface area contributed by atoms with E-state index in [0.29, 0.717) is 31.5 Å². The Bertz CT molecular complexity index is 535. The highest BCUT2D eigenvalue weighted by Crippen LogP contribution is 2.33. The molecule has 1 aliphatic heterocycles. The third-order valence-corrected chi connectivity index (χ3v) is 4.52. The number of anilines is 1. The van der Waals surface area contributed by atoms with Gasteiger partial charge in [-0.25, -0.2) is 9.59 Å². The first kappa shape index (κ1) is 14.8. The molecular weight excluding hydrogens is 324 g/mol. The Balaban J connectivity index is 2.21. The molecule has 0 aliphatic carbocycles. The number of carboxylic acid groups (broad SMARTS) is 1. The Morgan fingerprint density at radius 2 is 2.15 bits per heavy atom. The number of halogens is 1. The number of benzene rings is 1. The minimum Gasteiger partial charge on any atom is -0.479 e. The molecule has 6 heteroatoms. The molecule has 1 atom stereocenters. The lowest BCUT2D eigenvalue weighted by Gasteiger charge is -2.33. The molecule has 1 aromatic carbocycles. The minimum absolute atomic E-state index is 0.362. The van der Waals surface area contributed by atoms with Crippen molar-refractivity contribution in [1.29, 1.82) is 0 Å². The van der Waals surface area contributed by atoms with E-state index in [0.717, 1.165) is 4.47 Å². The number of rotatable bonds is 3. The van der Waals surface area contributed by atoms with Gasteiger partial charge in [0.05, 0.1) is 5.69 Å². The summed E-state index contributed by atoms with van der Waals surface area (Å²) in [6.07, 6.45) is 1.62. The maximum absolute atomic E-state index is 12.4. The van der Waals surface area contributed by atoms with Crippen molar-refractivity contribution in [2.24, 2.45) is 0 Å². The molecule has 0 aromatic heterocycles. The topological polar surface area (TPSA) is 69.6 Å². The number of hydrogen-bond donors (Lipinski definition) is 2. The summed E-state index contributed by atoms with van der Waals surface area (Å²) < 4.78 is 0.768. The van der Waals surface area contributed by atoms with E-state index in [9.17, 15) is 14.7 Å². The Labute approximate surface area is 126 Å². The van der Waals surface area contributed by atoms with Crippen LogP contribution in [0.1, 0.15) is 26.2 Å². The van der Waals surface area contributed by atoms with E-state index in [-0.39, 0.29) is 6.03 Å². The molecule has 2 amide bonds. The van der Waals surface area contributed by atoms with Crippen LogP contribution in [0.2, 0.25) is 0 Å². The van der Waals surface area contributed by atoms with Crippen molar-refractivity contribution >= 4 is 33.6 Å². The summed E-state index contributed by atoms with van der Waals surface area (Å²) >= 11 is 3.36. The van der Waals surface area contributed by atoms with Gasteiger partial charge in [0.1, 0.15) is 5.54 Å². The first-order valence-electron chi connectivity index (χ1n) is 6.58. The Hall–Kier alpha value is -1.56. The predicted molar refractivity (Wildman–Crippen MR) is 79.8 cm³/mol. The van der Waals surface area contributed by atoms with Crippen LogP contribution in [-0.2, 0) is 4.79 Å². The molecule has 1 unspecified atom stereocenters. The number of aliphatic carboxylic acids is 1. The summed E-state index contributed by atoms with van der Waals surface area (Å²) in [5, 5.41) is 12.2. The van der Waals surface area contributed by atoms with E-state index in [1.807, 2.05) is 18.2 Å². The summed E-state index contributed by atoms with van der Waals surface area (Å²) in [7, 11) is 0. The Morgan fingerprint density at radius 3 is 2.75 bits per heavy atom. The van der Waals surface area contributed by atoms with E-state index in [2.05, 4.69) is 21.2 Å². The van der Waals surface area contributed by atoms with Crippen LogP contribution >= 0.6 is 15.9 Å². The largest absolute Gasteiger partial charge is 0.479 e. The highest BCUT2D eigenvalue weighted by molar-refractivity contribution is 9.10. The van der Waals surface area contributed by atoms with Crippen LogP contribution in [0.15, 0.2) is 28.7 Å². The second-order valence-corrected chi connectivity index (χ2v) is 5.71. The average molecular weight is 341 g/mol. The SMILES string of the molecule is CCC1(C(=O)O)CCCN1C(=O)Nc1ccccc1Br. The van der Waals surface area contributed by atoms with Crippen LogP contribution < -0.4 is 5.32 Å². The molecule has 5 nitrogen and oxygen atoms in total. The van der Waals surface area contributed by atoms with E-state index in [1.165, 1.54) is 4.90 Å². The number of carbonyl (C=O) groups excluding carboxylic acids is 1. The van der Waals surface area contributed by atoms with Crippen LogP contribution in [0, 0.1) is 0 Å². The van der Waals surface area contributed by atoms with Gasteiger partial charge in [0, 0.05) is 11.0 Å². The van der Waals surface area contributed by atoms with E-state index < -0.39 is 11.5 Å². The smallest absolute Gasteiger partial charge is 0.329 e. The number of carbonyl (C=O) groups is 2. The first-order valence-corrected chi connectivity index (χ1v) is 7.37. The molecule has 1 aliphatic rings. The van der Waals surface area contributed by atoms with Crippen LogP contribution in [0.4, 0.5) is 10.5 Å². The third-order valence-electron chi connectivity index (χ3n) is 3.83. The van der Waals surface area contributed by atoms with Crippen molar-refractivity contribution in [2.45, 2.75) is 31.7 Å². The summed E-state index contributed by atoms with van der Waals surface area (Å²) in [6, 6.07) is 6.90. The van der Waals surface area contributed by atoms with Gasteiger partial charge in [0.2, 0.25) is 0 Å². The minimum atomic E-state index is -1.08. The lowest BCUT2D eigenvalue weighted by atomic mass is 9.93. The van der Waals surface area contributed by atoms with Crippen LogP contribution in [-0.4, -0.2) is 34.1 Å². The monoisotopic (exact) mass is 340 g/mol. The molecule has 0 bridgehead atoms. The zero-order valence-corrected chi connectivity index (χ0v) is 12.8. The molecule has 0 spiro atoms. The van der Waals surface area contributed by atoms with Gasteiger partial charge >= 0.3 is 12.0 Å². The molecule has 2 N–H and O–H groups in total. The van der Waals surface area contributed by atoms with Crippen LogP contribution in [0.5, 0.6) is 0 Å². The van der Waals surface area contributed by atoms with Gasteiger partial charge in [0.25, 0.3) is 0 Å². The van der Waals surface area contributed by atoms with Gasteiger partial charge < -0.3 is 15.3 Å². The summed E-state index contributed by atoms with van der Waals surface area (Å²) in [5.41, 5.74) is -0.439. The van der Waals surface area contributed by atoms with Crippen molar-refractivity contribution in [3.05, 3.63) is 28.7 Å². The first-order chi connectivity index (χ1) is 9.51. The number of nitrogens with zero attached hydrogens (tertiary/aromatic N) is 1. The van der Waals surface area contributed by atoms with Crippen molar-refractivity contribution in [3.8, 4) is 0 Å². The van der Waals surface area contributed by atoms with Crippen molar-refractivity contribution in [2.75, 3.05) is 11.9 Å². The van der Waals surface area contributed by atoms with Crippen molar-refractivity contribution < 1.29 is 14.7 Å². The van der Waals surface area contributed by atoms with E-state index in [4.69, 9.17) is 0 Å². The zero-order chi connectivity index (χ0) is 14.8. The summed E-state index contributed by atoms with van der Waals surface area (Å²) in [6.45, 7) is 2.27. The van der Waals surface area contributed by atoms with Gasteiger partial charge in [-0.3, -0.25) is 0 Å². The second kappa shape index (κ2) is 5.83. The lowest BCUT2D eigenvalue weighted by molar-refractivity contribution is -0.148. The number of para-hydroxylation sites is 1. The van der Waals surface area contributed by atoms with Crippen LogP contribution in [0.3, 0.4) is 0 Å². The third kappa shape index (κ3) is 2.52. The lowest BCUT2D eigenvalue weighted by Crippen LogP contribution is -2.54. The van der Waals surface area contributed by atoms with Crippen LogP contribution in [0.25, 0.3) is 0 Å². The second-order valence-electron chi connectivity index (χ2n) is 4.86. The maximum Gasteiger partial charge on any atom is 0.329 e. The summed E-state index contributed by atoms with van der Waals surface area (Å²) in [4.78, 5) is 25.4. The van der Waals surface area contributed by atoms with Gasteiger partial charge in [0.15, 0.2) is 0 Å². The fraction of sp³-hybridized carbons (Fsp3) is 0.429. The molecule has 1 fully saturated rings. The van der Waals surface area contributed by atoms with Gasteiger partial charge in [-0.1, -0.05) is 19.1 Å². The fourth-order valence-electron chi connectivity index (χ4n) is 2.66. The fourth-order valence-corrected chi connectivity index (χ4v) is 3.04. The maximum atomic E-state index is 12.4. The van der Waals surface area contributed by atoms with Crippen molar-refractivity contribution in [1.82, 2.24) is 4.90 Å². The molecule has 108 valence electrons. The normalized spacial score (nSPS) is 21.8. The summed E-state index contributed by atoms with van der Waals surface area (Å²) in [5.74, 6) is -0.931. The van der Waals surface area contributed by atoms with Gasteiger partial charge in [-0.2, -0.15) is 0 Å². The highest BCUT2D eigenvalue weighted by Gasteiger charge is 2.48. The number of amides is 2. The number of likely N-dealkylation sites (tertiary alicyclic amines) is 1. The quantitative estimate of drug-likeness (QED) is 0.886. The average Bonchev–Trinajstić information content (AvgIpc) is 2.86. The molecule has 1 heterocycles. The number of hydrogen-bond acceptors (Lipinski definition) is 2. The predicted octanol–water partition coefficient (Wildman–Crippen LogP) is 3.31. The Morgan fingerprint density at radius 1 is 1.45 bits per heavy atom. The van der Waals surface area contributed by atoms with Gasteiger partial charge in [-0.05, 0) is 47.3 Å². The molecule has 0 radical (unpaired) electrons. The standard InChI is InChI=1S/C14H17BrN2O3/c1-2-14(12(18)19)8-5-9-17(14)13(20)16-11-7-4-3-6-10(11)15/h3-4,6-7H,2,5,8-9H2,1H3,(H,16,20)(H,18,19). The van der Waals surface area contributed by atoms with Gasteiger partial charge in [-0.15, -0.1) is 0 Å². The molecule has 0 saturated carbocycles. The molecule has 1 saturated heterocycles. The molecule has 1 aromatic rings. The highest BCUT2D eigenvalue weighted by atomic mass is 79.9.